The molecule has 0 bridgehead atoms. The van der Waals surface area contributed by atoms with Crippen molar-refractivity contribution >= 4 is 6.29 Å². The van der Waals surface area contributed by atoms with Crippen LogP contribution in [-0.4, -0.2) is 6.29 Å². The molecule has 1 fully saturated rings. The van der Waals surface area contributed by atoms with Gasteiger partial charge in [0.15, 0.2) is 0 Å². The van der Waals surface area contributed by atoms with Crippen molar-refractivity contribution in [3.05, 3.63) is 0 Å². The van der Waals surface area contributed by atoms with Gasteiger partial charge in [0.05, 0.1) is 0 Å². The van der Waals surface area contributed by atoms with Crippen LogP contribution in [0.5, 0.6) is 0 Å². The van der Waals surface area contributed by atoms with Gasteiger partial charge in [0.1, 0.15) is 6.29 Å². The van der Waals surface area contributed by atoms with Gasteiger partial charge < -0.3 is 4.79 Å². The molecular weight excluding hydrogens is 148 g/mol. The zero-order chi connectivity index (χ0) is 9.14. The Balaban J connectivity index is 2.56. The van der Waals surface area contributed by atoms with Gasteiger partial charge in [-0.15, -0.1) is 0 Å². The van der Waals surface area contributed by atoms with Crippen LogP contribution in [0.3, 0.4) is 0 Å². The van der Waals surface area contributed by atoms with Gasteiger partial charge >= 0.3 is 0 Å². The molecule has 0 aromatic carbocycles. The van der Waals surface area contributed by atoms with E-state index in [2.05, 4.69) is 20.8 Å². The summed E-state index contributed by atoms with van der Waals surface area (Å²) in [5.74, 6) is 2.43. The van der Waals surface area contributed by atoms with E-state index in [9.17, 15) is 4.79 Å². The summed E-state index contributed by atoms with van der Waals surface area (Å²) in [7, 11) is 0. The van der Waals surface area contributed by atoms with Crippen molar-refractivity contribution in [3.8, 4) is 0 Å². The lowest BCUT2D eigenvalue weighted by Crippen LogP contribution is -2.28. The van der Waals surface area contributed by atoms with Gasteiger partial charge in [-0.05, 0) is 30.6 Å². The van der Waals surface area contributed by atoms with E-state index >= 15 is 0 Å². The Morgan fingerprint density at radius 1 is 1.33 bits per heavy atom. The Morgan fingerprint density at radius 2 is 2.00 bits per heavy atom. The Morgan fingerprint density at radius 3 is 2.50 bits per heavy atom. The number of hydrogen-bond acceptors (Lipinski definition) is 1. The minimum atomic E-state index is 0.341. The quantitative estimate of drug-likeness (QED) is 0.579. The first-order chi connectivity index (χ1) is 5.65. The number of aldehydes is 1. The minimum Gasteiger partial charge on any atom is -0.303 e. The second-order valence-corrected chi connectivity index (χ2v) is 4.63. The van der Waals surface area contributed by atoms with Gasteiger partial charge in [0, 0.05) is 5.92 Å². The molecule has 1 rings (SSSR count). The number of hydrogen-bond donors (Lipinski definition) is 0. The molecule has 1 saturated carbocycles. The molecule has 0 unspecified atom stereocenters. The molecule has 1 nitrogen and oxygen atoms in total. The van der Waals surface area contributed by atoms with Gasteiger partial charge in [-0.25, -0.2) is 0 Å². The Kier molecular flexibility index (Phi) is 3.30. The van der Waals surface area contributed by atoms with Crippen LogP contribution in [0.25, 0.3) is 0 Å². The van der Waals surface area contributed by atoms with Crippen LogP contribution in [-0.2, 0) is 4.79 Å². The van der Waals surface area contributed by atoms with Crippen LogP contribution < -0.4 is 0 Å². The van der Waals surface area contributed by atoms with Crippen molar-refractivity contribution in [2.75, 3.05) is 0 Å². The summed E-state index contributed by atoms with van der Waals surface area (Å²) in [5.41, 5.74) is 0. The monoisotopic (exact) mass is 168 g/mol. The van der Waals surface area contributed by atoms with Crippen molar-refractivity contribution < 1.29 is 4.79 Å². The number of carbonyl (C=O) groups is 1. The van der Waals surface area contributed by atoms with E-state index in [0.717, 1.165) is 12.3 Å². The molecule has 1 aliphatic carbocycles. The Hall–Kier alpha value is -0.330. The van der Waals surface area contributed by atoms with E-state index < -0.39 is 0 Å². The zero-order valence-corrected chi connectivity index (χ0v) is 8.42. The molecule has 0 N–H and O–H groups in total. The van der Waals surface area contributed by atoms with Crippen LogP contribution in [0.2, 0.25) is 0 Å². The Labute approximate surface area is 75.5 Å². The lowest BCUT2D eigenvalue weighted by atomic mass is 9.71. The third-order valence-electron chi connectivity index (χ3n) is 3.25. The first kappa shape index (κ1) is 9.76. The summed E-state index contributed by atoms with van der Waals surface area (Å²) < 4.78 is 0. The maximum absolute atomic E-state index is 10.8. The molecule has 0 aliphatic heterocycles. The number of rotatable bonds is 2. The fourth-order valence-electron chi connectivity index (χ4n) is 2.43. The third kappa shape index (κ3) is 2.09. The summed E-state index contributed by atoms with van der Waals surface area (Å²) in [4.78, 5) is 10.8. The molecule has 3 atom stereocenters. The summed E-state index contributed by atoms with van der Waals surface area (Å²) in [5, 5.41) is 0. The van der Waals surface area contributed by atoms with Crippen molar-refractivity contribution in [2.24, 2.45) is 23.7 Å². The normalized spacial score (nSPS) is 36.8. The van der Waals surface area contributed by atoms with Gasteiger partial charge in [0.25, 0.3) is 0 Å². The second-order valence-electron chi connectivity index (χ2n) is 4.63. The highest BCUT2D eigenvalue weighted by molar-refractivity contribution is 5.54. The highest BCUT2D eigenvalue weighted by atomic mass is 16.1. The zero-order valence-electron chi connectivity index (χ0n) is 8.42. The molecule has 0 heterocycles. The summed E-state index contributed by atoms with van der Waals surface area (Å²) >= 11 is 0. The molecule has 12 heavy (non-hydrogen) atoms. The fraction of sp³-hybridized carbons (Fsp3) is 0.909. The van der Waals surface area contributed by atoms with Crippen molar-refractivity contribution in [3.63, 3.8) is 0 Å². The average Bonchev–Trinajstić information content (AvgIpc) is 2.03. The Bertz CT molecular complexity index is 151. The van der Waals surface area contributed by atoms with Gasteiger partial charge in [0.2, 0.25) is 0 Å². The first-order valence-corrected chi connectivity index (χ1v) is 5.10. The first-order valence-electron chi connectivity index (χ1n) is 5.10. The molecule has 1 aliphatic rings. The predicted molar refractivity (Wildman–Crippen MR) is 50.9 cm³/mol. The van der Waals surface area contributed by atoms with Crippen LogP contribution in [0.4, 0.5) is 0 Å². The molecule has 0 aromatic rings. The maximum atomic E-state index is 10.8. The molecule has 0 saturated heterocycles. The molecule has 1 heteroatoms. The van der Waals surface area contributed by atoms with Crippen LogP contribution in [0.15, 0.2) is 0 Å². The average molecular weight is 168 g/mol. The maximum Gasteiger partial charge on any atom is 0.123 e. The summed E-state index contributed by atoms with van der Waals surface area (Å²) in [6.45, 7) is 6.72. The fourth-order valence-corrected chi connectivity index (χ4v) is 2.43. The number of carbonyl (C=O) groups excluding carboxylic acids is 1. The minimum absolute atomic E-state index is 0.341. The highest BCUT2D eigenvalue weighted by Gasteiger charge is 2.29. The summed E-state index contributed by atoms with van der Waals surface area (Å²) in [6.07, 6.45) is 4.86. The highest BCUT2D eigenvalue weighted by Crippen LogP contribution is 2.36. The van der Waals surface area contributed by atoms with Crippen molar-refractivity contribution in [1.82, 2.24) is 0 Å². The van der Waals surface area contributed by atoms with Gasteiger partial charge in [-0.2, -0.15) is 0 Å². The van der Waals surface area contributed by atoms with Crippen LogP contribution in [0.1, 0.15) is 40.0 Å². The van der Waals surface area contributed by atoms with E-state index in [4.69, 9.17) is 0 Å². The van der Waals surface area contributed by atoms with E-state index in [1.165, 1.54) is 19.1 Å². The smallest absolute Gasteiger partial charge is 0.123 e. The predicted octanol–water partition coefficient (Wildman–Crippen LogP) is 2.89. The molecule has 70 valence electrons. The molecule has 0 amide bonds. The van der Waals surface area contributed by atoms with E-state index in [-0.39, 0.29) is 0 Å². The molecular formula is C11H20O. The van der Waals surface area contributed by atoms with E-state index in [0.29, 0.717) is 17.8 Å². The lowest BCUT2D eigenvalue weighted by molar-refractivity contribution is -0.114. The van der Waals surface area contributed by atoms with Crippen LogP contribution in [0, 0.1) is 23.7 Å². The van der Waals surface area contributed by atoms with Crippen LogP contribution >= 0.6 is 0 Å². The summed E-state index contributed by atoms with van der Waals surface area (Å²) in [6, 6.07) is 0. The molecule has 0 aromatic heterocycles. The van der Waals surface area contributed by atoms with Crippen molar-refractivity contribution in [1.29, 1.82) is 0 Å². The van der Waals surface area contributed by atoms with E-state index in [1.54, 1.807) is 0 Å². The lowest BCUT2D eigenvalue weighted by Gasteiger charge is -2.34. The van der Waals surface area contributed by atoms with Gasteiger partial charge in [-0.3, -0.25) is 0 Å². The standard InChI is InChI=1S/C11H20O/c1-8(2)11-5-4-9(3)6-10(11)7-12/h7-11H,4-6H2,1-3H3/t9-,10-,11+/m0/s1. The topological polar surface area (TPSA) is 17.1 Å². The third-order valence-corrected chi connectivity index (χ3v) is 3.25. The second kappa shape index (κ2) is 4.06. The largest absolute Gasteiger partial charge is 0.303 e. The van der Waals surface area contributed by atoms with Gasteiger partial charge in [-0.1, -0.05) is 27.2 Å². The molecule has 0 radical (unpaired) electrons. The SMILES string of the molecule is CC(C)[C@H]1CC[C@H](C)C[C@H]1C=O. The molecule has 0 spiro atoms. The van der Waals surface area contributed by atoms with E-state index in [1.807, 2.05) is 0 Å². The van der Waals surface area contributed by atoms with Crippen molar-refractivity contribution in [2.45, 2.75) is 40.0 Å².